The van der Waals surface area contributed by atoms with Gasteiger partial charge < -0.3 is 6.58 Å². The largest absolute Gasteiger partial charge is 3.00 e. The Balaban J connectivity index is 0.000000318. The number of hydrogen-bond donors (Lipinski definition) is 0. The molecule has 0 N–H and O–H groups in total. The third-order valence-electron chi connectivity index (χ3n) is 9.12. The Labute approximate surface area is 234 Å². The van der Waals surface area contributed by atoms with Crippen LogP contribution in [0.4, 0.5) is 0 Å². The van der Waals surface area contributed by atoms with E-state index in [2.05, 4.69) is 110 Å². The molecule has 0 fully saturated rings. The minimum Gasteiger partial charge on any atom is -0.521 e. The first kappa shape index (κ1) is 31.3. The van der Waals surface area contributed by atoms with Crippen LogP contribution in [0.2, 0.25) is 0 Å². The smallest absolute Gasteiger partial charge is 0.521 e. The molecule has 0 heterocycles. The third kappa shape index (κ3) is 4.83. The van der Waals surface area contributed by atoms with Crippen molar-refractivity contribution in [3.8, 4) is 0 Å². The van der Waals surface area contributed by atoms with Crippen molar-refractivity contribution in [3.63, 3.8) is 0 Å². The van der Waals surface area contributed by atoms with E-state index in [0.29, 0.717) is 0 Å². The minimum atomic E-state index is 0. The summed E-state index contributed by atoms with van der Waals surface area (Å²) in [5.41, 5.74) is 20.5. The standard InChI is InChI=1S/2C16H21.C2H3.Zr/c2*1-8-9(2)12(5)16-14(7)10(3)13(6)15(16)11(8)4;1-2;/h2*1-7H3;1H,2H2;/q3*-1;+3. The van der Waals surface area contributed by atoms with Gasteiger partial charge in [-0.25, -0.2) is 0 Å². The maximum atomic E-state index is 4.25. The second-order valence-corrected chi connectivity index (χ2v) is 10.2. The van der Waals surface area contributed by atoms with Gasteiger partial charge in [-0.2, -0.15) is 11.1 Å². The summed E-state index contributed by atoms with van der Waals surface area (Å²) in [5, 5.41) is 5.98. The molecule has 0 nitrogen and oxygen atoms in total. The average molecular weight is 545 g/mol. The molecule has 4 rings (SSSR count). The molecule has 0 aromatic heterocycles. The average Bonchev–Trinajstić information content (AvgIpc) is 3.19. The van der Waals surface area contributed by atoms with Crippen LogP contribution in [-0.2, 0) is 26.2 Å². The SMILES string of the molecule is Cc1c(C)c(C)c2c(c1C)c(C)c(C)[c-]2C.Cc1c(C)c(C)c2c(c1C)c(C)c(C)[c-]2C.[CH-]=C.[Zr+3]. The molecule has 4 aromatic rings. The summed E-state index contributed by atoms with van der Waals surface area (Å²) in [7, 11) is 0. The van der Waals surface area contributed by atoms with E-state index in [9.17, 15) is 0 Å². The zero-order chi connectivity index (χ0) is 26.4. The number of aryl methyl sites for hydroxylation is 8. The predicted octanol–water partition coefficient (Wildman–Crippen LogP) is 10.0. The van der Waals surface area contributed by atoms with Gasteiger partial charge in [0.25, 0.3) is 0 Å². The second kappa shape index (κ2) is 11.6. The molecule has 0 saturated heterocycles. The van der Waals surface area contributed by atoms with Crippen molar-refractivity contribution in [1.82, 2.24) is 0 Å². The molecule has 0 bridgehead atoms. The summed E-state index contributed by atoms with van der Waals surface area (Å²) in [6.45, 7) is 38.5. The molecule has 0 unspecified atom stereocenters. The summed E-state index contributed by atoms with van der Waals surface area (Å²) < 4.78 is 0. The van der Waals surface area contributed by atoms with Crippen LogP contribution in [0.5, 0.6) is 0 Å². The van der Waals surface area contributed by atoms with Crippen LogP contribution in [0.1, 0.15) is 77.9 Å². The molecule has 35 heavy (non-hydrogen) atoms. The Bertz CT molecular complexity index is 1190. The second-order valence-electron chi connectivity index (χ2n) is 10.2. The van der Waals surface area contributed by atoms with Crippen LogP contribution in [0.3, 0.4) is 0 Å². The molecule has 0 amide bonds. The molecule has 0 aliphatic rings. The van der Waals surface area contributed by atoms with Gasteiger partial charge in [0.2, 0.25) is 0 Å². The van der Waals surface area contributed by atoms with Crippen LogP contribution in [0.15, 0.2) is 6.58 Å². The van der Waals surface area contributed by atoms with Crippen LogP contribution in [0.25, 0.3) is 21.5 Å². The van der Waals surface area contributed by atoms with Gasteiger partial charge in [0, 0.05) is 0 Å². The summed E-state index contributed by atoms with van der Waals surface area (Å²) in [5.74, 6) is 0. The van der Waals surface area contributed by atoms with Crippen LogP contribution < -0.4 is 0 Å². The summed E-state index contributed by atoms with van der Waals surface area (Å²) >= 11 is 0. The fraction of sp³-hybridized carbons (Fsp3) is 0.412. The van der Waals surface area contributed by atoms with Crippen LogP contribution in [0, 0.1) is 104 Å². The molecule has 0 atom stereocenters. The molecular weight excluding hydrogens is 500 g/mol. The molecule has 0 aliphatic heterocycles. The van der Waals surface area contributed by atoms with E-state index in [1.165, 1.54) is 99.4 Å². The number of hydrogen-bond acceptors (Lipinski definition) is 0. The predicted molar refractivity (Wildman–Crippen MR) is 155 cm³/mol. The topological polar surface area (TPSA) is 0 Å². The van der Waals surface area contributed by atoms with E-state index in [1.54, 1.807) is 0 Å². The van der Waals surface area contributed by atoms with Gasteiger partial charge in [-0.3, -0.25) is 6.58 Å². The van der Waals surface area contributed by atoms with Gasteiger partial charge in [-0.1, -0.05) is 88.8 Å². The Morgan fingerprint density at radius 2 is 0.629 bits per heavy atom. The summed E-state index contributed by atoms with van der Waals surface area (Å²) in [6, 6.07) is 0. The zero-order valence-electron chi connectivity index (χ0n) is 24.8. The molecule has 1 heteroatoms. The van der Waals surface area contributed by atoms with Gasteiger partial charge in [0.05, 0.1) is 0 Å². The Morgan fingerprint density at radius 3 is 0.886 bits per heavy atom. The molecule has 185 valence electrons. The summed E-state index contributed by atoms with van der Waals surface area (Å²) in [6.07, 6.45) is 0. The molecule has 0 aliphatic carbocycles. The van der Waals surface area contributed by atoms with Crippen LogP contribution in [-0.4, -0.2) is 0 Å². The molecule has 1 radical (unpaired) electrons. The minimum absolute atomic E-state index is 0. The van der Waals surface area contributed by atoms with Crippen LogP contribution >= 0.6 is 0 Å². The molecule has 0 spiro atoms. The van der Waals surface area contributed by atoms with Crippen molar-refractivity contribution >= 4 is 21.5 Å². The van der Waals surface area contributed by atoms with Gasteiger partial charge in [0.15, 0.2) is 0 Å². The van der Waals surface area contributed by atoms with E-state index in [4.69, 9.17) is 0 Å². The maximum Gasteiger partial charge on any atom is 3.00 e. The Morgan fingerprint density at radius 1 is 0.400 bits per heavy atom. The molecule has 0 saturated carbocycles. The van der Waals surface area contributed by atoms with Gasteiger partial charge in [0.1, 0.15) is 0 Å². The van der Waals surface area contributed by atoms with E-state index < -0.39 is 0 Å². The van der Waals surface area contributed by atoms with Crippen molar-refractivity contribution in [2.75, 3.05) is 0 Å². The van der Waals surface area contributed by atoms with E-state index in [-0.39, 0.29) is 26.2 Å². The van der Waals surface area contributed by atoms with Gasteiger partial charge in [-0.15, -0.1) is 54.9 Å². The number of benzene rings is 2. The molecular formula is C34H45Zr. The normalized spacial score (nSPS) is 10.6. The first-order valence-electron chi connectivity index (χ1n) is 12.4. The van der Waals surface area contributed by atoms with Crippen molar-refractivity contribution < 1.29 is 26.2 Å². The van der Waals surface area contributed by atoms with E-state index >= 15 is 0 Å². The number of rotatable bonds is 0. The van der Waals surface area contributed by atoms with Gasteiger partial charge in [-0.05, 0) is 41.5 Å². The third-order valence-corrected chi connectivity index (χ3v) is 9.12. The fourth-order valence-electron chi connectivity index (χ4n) is 5.81. The Kier molecular flexibility index (Phi) is 10.3. The first-order chi connectivity index (χ1) is 15.7. The monoisotopic (exact) mass is 543 g/mol. The van der Waals surface area contributed by atoms with Crippen molar-refractivity contribution in [1.29, 1.82) is 0 Å². The molecule has 4 aromatic carbocycles. The van der Waals surface area contributed by atoms with Crippen molar-refractivity contribution in [2.45, 2.75) is 96.9 Å². The Hall–Kier alpha value is -1.72. The van der Waals surface area contributed by atoms with Crippen molar-refractivity contribution in [3.05, 3.63) is 91.0 Å². The van der Waals surface area contributed by atoms with E-state index in [0.717, 1.165) is 0 Å². The summed E-state index contributed by atoms with van der Waals surface area (Å²) in [4.78, 5) is 0. The van der Waals surface area contributed by atoms with Crippen molar-refractivity contribution in [2.24, 2.45) is 0 Å². The quantitative estimate of drug-likeness (QED) is 0.193. The van der Waals surface area contributed by atoms with E-state index in [1.807, 2.05) is 0 Å². The maximum absolute atomic E-state index is 4.25. The number of fused-ring (bicyclic) bond motifs is 2. The van der Waals surface area contributed by atoms with Gasteiger partial charge >= 0.3 is 26.2 Å². The zero-order valence-corrected chi connectivity index (χ0v) is 27.2. The first-order valence-corrected chi connectivity index (χ1v) is 12.4. The fourth-order valence-corrected chi connectivity index (χ4v) is 5.81.